The maximum Gasteiger partial charge on any atom is 0.214 e. The van der Waals surface area contributed by atoms with Crippen molar-refractivity contribution in [2.24, 2.45) is 5.41 Å². The van der Waals surface area contributed by atoms with Gasteiger partial charge >= 0.3 is 0 Å². The molecule has 3 nitrogen and oxygen atoms in total. The van der Waals surface area contributed by atoms with E-state index in [4.69, 9.17) is 0 Å². The highest BCUT2D eigenvalue weighted by atomic mass is 32.2. The molecule has 0 unspecified atom stereocenters. The van der Waals surface area contributed by atoms with E-state index in [1.54, 1.807) is 0 Å². The van der Waals surface area contributed by atoms with Gasteiger partial charge in [0, 0.05) is 6.54 Å². The van der Waals surface area contributed by atoms with E-state index < -0.39 is 10.0 Å². The molecule has 1 aliphatic rings. The fourth-order valence-electron chi connectivity index (χ4n) is 1.81. The van der Waals surface area contributed by atoms with Crippen molar-refractivity contribution < 1.29 is 8.42 Å². The van der Waals surface area contributed by atoms with Gasteiger partial charge in [0.2, 0.25) is 10.0 Å². The van der Waals surface area contributed by atoms with E-state index in [0.717, 1.165) is 25.7 Å². The number of sulfonamides is 1. The van der Waals surface area contributed by atoms with Crippen molar-refractivity contribution in [1.29, 1.82) is 0 Å². The Balaban J connectivity index is 2.51. The predicted octanol–water partition coefficient (Wildman–Crippen LogP) is 2.28. The summed E-state index contributed by atoms with van der Waals surface area (Å²) in [5.41, 5.74) is 0.0156. The Bertz CT molecular complexity index is 284. The summed E-state index contributed by atoms with van der Waals surface area (Å²) in [5.74, 6) is 0. The predicted molar refractivity (Wildman–Crippen MR) is 63.3 cm³/mol. The third-order valence-corrected chi connectivity index (χ3v) is 4.69. The summed E-state index contributed by atoms with van der Waals surface area (Å²) in [6.45, 7) is 6.65. The normalized spacial score (nSPS) is 20.5. The van der Waals surface area contributed by atoms with E-state index >= 15 is 0 Å². The first-order valence-corrected chi connectivity index (χ1v) is 7.34. The third-order valence-electron chi connectivity index (χ3n) is 2.79. The van der Waals surface area contributed by atoms with E-state index in [1.165, 1.54) is 6.42 Å². The number of hydrogen-bond donors (Lipinski definition) is 1. The third kappa shape index (κ3) is 4.51. The van der Waals surface area contributed by atoms with Gasteiger partial charge < -0.3 is 0 Å². The first kappa shape index (κ1) is 13.0. The summed E-state index contributed by atoms with van der Waals surface area (Å²) >= 11 is 0. The van der Waals surface area contributed by atoms with Crippen molar-refractivity contribution in [1.82, 2.24) is 4.72 Å². The Morgan fingerprint density at radius 3 is 2.13 bits per heavy atom. The standard InChI is InChI=1S/C11H23NO2S/c1-11(2,3)9-12-15(13,14)10-7-5-4-6-8-10/h10,12H,4-9H2,1-3H3. The Labute approximate surface area is 93.7 Å². The molecule has 0 aromatic carbocycles. The minimum Gasteiger partial charge on any atom is -0.214 e. The van der Waals surface area contributed by atoms with Crippen LogP contribution in [0, 0.1) is 5.41 Å². The van der Waals surface area contributed by atoms with Gasteiger partial charge in [-0.15, -0.1) is 0 Å². The fraction of sp³-hybridized carbons (Fsp3) is 1.00. The molecular formula is C11H23NO2S. The topological polar surface area (TPSA) is 46.2 Å². The zero-order valence-electron chi connectivity index (χ0n) is 10.0. The summed E-state index contributed by atoms with van der Waals surface area (Å²) in [6, 6.07) is 0. The monoisotopic (exact) mass is 233 g/mol. The zero-order valence-corrected chi connectivity index (χ0v) is 10.9. The van der Waals surface area contributed by atoms with Crippen LogP contribution in [0.2, 0.25) is 0 Å². The van der Waals surface area contributed by atoms with Crippen LogP contribution >= 0.6 is 0 Å². The van der Waals surface area contributed by atoms with E-state index in [2.05, 4.69) is 4.72 Å². The first-order chi connectivity index (χ1) is 6.81. The first-order valence-electron chi connectivity index (χ1n) is 5.80. The molecule has 0 atom stereocenters. The van der Waals surface area contributed by atoms with Crippen molar-refractivity contribution in [3.8, 4) is 0 Å². The summed E-state index contributed by atoms with van der Waals surface area (Å²) in [4.78, 5) is 0. The second-order valence-corrected chi connectivity index (χ2v) is 7.73. The number of hydrogen-bond acceptors (Lipinski definition) is 2. The summed E-state index contributed by atoms with van der Waals surface area (Å²) < 4.78 is 26.6. The van der Waals surface area contributed by atoms with Gasteiger partial charge in [-0.05, 0) is 18.3 Å². The van der Waals surface area contributed by atoms with Gasteiger partial charge in [0.15, 0.2) is 0 Å². The lowest BCUT2D eigenvalue weighted by atomic mass is 9.98. The Hall–Kier alpha value is -0.0900. The molecule has 0 amide bonds. The molecule has 1 aliphatic carbocycles. The summed E-state index contributed by atoms with van der Waals surface area (Å²) in [7, 11) is -3.07. The molecule has 1 N–H and O–H groups in total. The van der Waals surface area contributed by atoms with Crippen LogP contribution in [-0.4, -0.2) is 20.2 Å². The molecule has 1 fully saturated rings. The molecule has 0 radical (unpaired) electrons. The van der Waals surface area contributed by atoms with Gasteiger partial charge in [-0.3, -0.25) is 0 Å². The summed E-state index contributed by atoms with van der Waals surface area (Å²) in [6.07, 6.45) is 4.96. The zero-order chi connectivity index (χ0) is 11.5. The van der Waals surface area contributed by atoms with Crippen molar-refractivity contribution in [3.63, 3.8) is 0 Å². The van der Waals surface area contributed by atoms with Gasteiger partial charge in [-0.1, -0.05) is 40.0 Å². The molecular weight excluding hydrogens is 210 g/mol. The smallest absolute Gasteiger partial charge is 0.214 e. The second-order valence-electron chi connectivity index (χ2n) is 5.69. The highest BCUT2D eigenvalue weighted by Crippen LogP contribution is 2.23. The molecule has 1 rings (SSSR count). The molecule has 1 saturated carbocycles. The molecule has 0 aromatic heterocycles. The lowest BCUT2D eigenvalue weighted by Gasteiger charge is -2.25. The van der Waals surface area contributed by atoms with E-state index in [0.29, 0.717) is 6.54 Å². The van der Waals surface area contributed by atoms with Crippen LogP contribution in [0.3, 0.4) is 0 Å². The molecule has 90 valence electrons. The van der Waals surface area contributed by atoms with Crippen LogP contribution in [0.15, 0.2) is 0 Å². The van der Waals surface area contributed by atoms with Crippen LogP contribution < -0.4 is 4.72 Å². The van der Waals surface area contributed by atoms with E-state index in [9.17, 15) is 8.42 Å². The Kier molecular flexibility index (Phi) is 4.18. The highest BCUT2D eigenvalue weighted by Gasteiger charge is 2.27. The molecule has 0 aromatic rings. The van der Waals surface area contributed by atoms with Crippen LogP contribution in [0.5, 0.6) is 0 Å². The Morgan fingerprint density at radius 2 is 1.67 bits per heavy atom. The molecule has 15 heavy (non-hydrogen) atoms. The van der Waals surface area contributed by atoms with Crippen molar-refractivity contribution in [3.05, 3.63) is 0 Å². The number of nitrogens with one attached hydrogen (secondary N) is 1. The lowest BCUT2D eigenvalue weighted by Crippen LogP contribution is -2.39. The van der Waals surface area contributed by atoms with Crippen LogP contribution in [-0.2, 0) is 10.0 Å². The fourth-order valence-corrected chi connectivity index (χ4v) is 3.63. The van der Waals surface area contributed by atoms with Gasteiger partial charge in [-0.2, -0.15) is 0 Å². The second kappa shape index (κ2) is 4.83. The van der Waals surface area contributed by atoms with E-state index in [-0.39, 0.29) is 10.7 Å². The van der Waals surface area contributed by atoms with Gasteiger partial charge in [0.05, 0.1) is 5.25 Å². The molecule has 0 aliphatic heterocycles. The van der Waals surface area contributed by atoms with Gasteiger partial charge in [-0.25, -0.2) is 13.1 Å². The maximum atomic E-state index is 11.9. The molecule has 0 spiro atoms. The highest BCUT2D eigenvalue weighted by molar-refractivity contribution is 7.90. The summed E-state index contributed by atoms with van der Waals surface area (Å²) in [5, 5.41) is -0.145. The quantitative estimate of drug-likeness (QED) is 0.813. The molecule has 0 saturated heterocycles. The average molecular weight is 233 g/mol. The minimum atomic E-state index is -3.07. The minimum absolute atomic E-state index is 0.0156. The van der Waals surface area contributed by atoms with Crippen LogP contribution in [0.25, 0.3) is 0 Å². The Morgan fingerprint density at radius 1 is 1.13 bits per heavy atom. The largest absolute Gasteiger partial charge is 0.214 e. The van der Waals surface area contributed by atoms with Gasteiger partial charge in [0.25, 0.3) is 0 Å². The average Bonchev–Trinajstić information content (AvgIpc) is 2.16. The van der Waals surface area contributed by atoms with Crippen LogP contribution in [0.4, 0.5) is 0 Å². The van der Waals surface area contributed by atoms with Crippen LogP contribution in [0.1, 0.15) is 52.9 Å². The lowest BCUT2D eigenvalue weighted by molar-refractivity contribution is 0.402. The molecule has 0 heterocycles. The van der Waals surface area contributed by atoms with Gasteiger partial charge in [0.1, 0.15) is 0 Å². The number of rotatable bonds is 3. The molecule has 0 bridgehead atoms. The van der Waals surface area contributed by atoms with E-state index in [1.807, 2.05) is 20.8 Å². The SMILES string of the molecule is CC(C)(C)CNS(=O)(=O)C1CCCCC1. The maximum absolute atomic E-state index is 11.9. The van der Waals surface area contributed by atoms with Crippen molar-refractivity contribution in [2.75, 3.05) is 6.54 Å². The molecule has 4 heteroatoms. The van der Waals surface area contributed by atoms with Crippen molar-refractivity contribution in [2.45, 2.75) is 58.1 Å². The van der Waals surface area contributed by atoms with Crippen molar-refractivity contribution >= 4 is 10.0 Å².